The van der Waals surface area contributed by atoms with Crippen LogP contribution in [0.15, 0.2) is 24.3 Å². The van der Waals surface area contributed by atoms with Gasteiger partial charge in [0.25, 0.3) is 0 Å². The highest BCUT2D eigenvalue weighted by Crippen LogP contribution is 2.14. The fraction of sp³-hybridized carbons (Fsp3) is 0.400. The first-order valence-corrected chi connectivity index (χ1v) is 6.72. The lowest BCUT2D eigenvalue weighted by Gasteiger charge is -2.06. The van der Waals surface area contributed by atoms with Crippen LogP contribution in [0.2, 0.25) is 0 Å². The van der Waals surface area contributed by atoms with E-state index in [0.717, 1.165) is 24.9 Å². The van der Waals surface area contributed by atoms with E-state index in [9.17, 15) is 8.42 Å². The van der Waals surface area contributed by atoms with Gasteiger partial charge in [-0.25, -0.2) is 8.42 Å². The summed E-state index contributed by atoms with van der Waals surface area (Å²) in [6.45, 7) is 3.01. The third-order valence-electron chi connectivity index (χ3n) is 1.77. The van der Waals surface area contributed by atoms with Crippen LogP contribution in [0, 0.1) is 0 Å². The van der Waals surface area contributed by atoms with Crippen LogP contribution in [0.1, 0.15) is 13.3 Å². The van der Waals surface area contributed by atoms with Gasteiger partial charge in [0.1, 0.15) is 0 Å². The molecule has 0 radical (unpaired) electrons. The minimum Gasteiger partial charge on any atom is -0.385 e. The van der Waals surface area contributed by atoms with Crippen molar-refractivity contribution < 1.29 is 8.42 Å². The lowest BCUT2D eigenvalue weighted by Crippen LogP contribution is -2.09. The van der Waals surface area contributed by atoms with Gasteiger partial charge < -0.3 is 5.32 Å². The van der Waals surface area contributed by atoms with E-state index in [4.69, 9.17) is 0 Å². The van der Waals surface area contributed by atoms with Crippen LogP contribution in [0.25, 0.3) is 0 Å². The second kappa shape index (κ2) is 5.02. The van der Waals surface area contributed by atoms with Crippen molar-refractivity contribution in [3.8, 4) is 0 Å². The van der Waals surface area contributed by atoms with E-state index in [1.54, 1.807) is 12.1 Å². The molecule has 0 aliphatic carbocycles. The fourth-order valence-corrected chi connectivity index (χ4v) is 1.70. The first-order valence-electron chi connectivity index (χ1n) is 4.83. The lowest BCUT2D eigenvalue weighted by atomic mass is 10.3. The number of nitrogens with one attached hydrogen (secondary N) is 2. The van der Waals surface area contributed by atoms with Crippen molar-refractivity contribution >= 4 is 21.4 Å². The molecule has 0 spiro atoms. The molecule has 4 nitrogen and oxygen atoms in total. The second-order valence-corrected chi connectivity index (χ2v) is 5.13. The molecule has 0 aromatic heterocycles. The summed E-state index contributed by atoms with van der Waals surface area (Å²) in [6.07, 6.45) is 2.19. The Morgan fingerprint density at radius 2 is 1.67 bits per heavy atom. The first-order chi connectivity index (χ1) is 7.01. The summed E-state index contributed by atoms with van der Waals surface area (Å²) in [7, 11) is -3.18. The predicted octanol–water partition coefficient (Wildman–Crippen LogP) is 1.88. The molecule has 15 heavy (non-hydrogen) atoms. The molecule has 1 rings (SSSR count). The van der Waals surface area contributed by atoms with Crippen molar-refractivity contribution in [1.82, 2.24) is 0 Å². The Bertz CT molecular complexity index is 398. The molecule has 84 valence electrons. The van der Waals surface area contributed by atoms with Gasteiger partial charge in [-0.2, -0.15) is 0 Å². The van der Waals surface area contributed by atoms with E-state index >= 15 is 0 Å². The normalized spacial score (nSPS) is 11.1. The zero-order valence-corrected chi connectivity index (χ0v) is 9.76. The molecule has 5 heteroatoms. The minimum absolute atomic E-state index is 0.583. The molecule has 1 aromatic carbocycles. The third-order valence-corrected chi connectivity index (χ3v) is 2.37. The quantitative estimate of drug-likeness (QED) is 0.809. The van der Waals surface area contributed by atoms with Gasteiger partial charge in [-0.1, -0.05) is 6.92 Å². The van der Waals surface area contributed by atoms with Crippen molar-refractivity contribution in [1.29, 1.82) is 0 Å². The van der Waals surface area contributed by atoms with Gasteiger partial charge in [0, 0.05) is 17.9 Å². The Morgan fingerprint density at radius 1 is 1.13 bits per heavy atom. The standard InChI is InChI=1S/C10H16N2O2S/c1-3-8-11-9-4-6-10(7-5-9)12-15(2,13)14/h4-7,11-12H,3,8H2,1-2H3. The number of anilines is 2. The highest BCUT2D eigenvalue weighted by atomic mass is 32.2. The Balaban J connectivity index is 2.64. The molecule has 0 heterocycles. The zero-order chi connectivity index (χ0) is 11.3. The maximum Gasteiger partial charge on any atom is 0.229 e. The molecular formula is C10H16N2O2S. The van der Waals surface area contributed by atoms with Crippen LogP contribution in [0.4, 0.5) is 11.4 Å². The van der Waals surface area contributed by atoms with Crippen molar-refractivity contribution in [2.75, 3.05) is 22.8 Å². The Kier molecular flexibility index (Phi) is 3.96. The van der Waals surface area contributed by atoms with Gasteiger partial charge >= 0.3 is 0 Å². The number of hydrogen-bond donors (Lipinski definition) is 2. The molecular weight excluding hydrogens is 212 g/mol. The van der Waals surface area contributed by atoms with Crippen LogP contribution < -0.4 is 10.0 Å². The molecule has 2 N–H and O–H groups in total. The summed E-state index contributed by atoms with van der Waals surface area (Å²) in [5, 5.41) is 3.21. The van der Waals surface area contributed by atoms with Gasteiger partial charge in [0.2, 0.25) is 10.0 Å². The van der Waals surface area contributed by atoms with E-state index in [0.29, 0.717) is 5.69 Å². The molecule has 0 aliphatic heterocycles. The van der Waals surface area contributed by atoms with Crippen LogP contribution in [-0.4, -0.2) is 21.2 Å². The van der Waals surface area contributed by atoms with Gasteiger partial charge in [0.05, 0.1) is 6.26 Å². The number of hydrogen-bond acceptors (Lipinski definition) is 3. The summed E-state index contributed by atoms with van der Waals surface area (Å²) >= 11 is 0. The smallest absolute Gasteiger partial charge is 0.229 e. The second-order valence-electron chi connectivity index (χ2n) is 3.38. The highest BCUT2D eigenvalue weighted by Gasteiger charge is 2.00. The van der Waals surface area contributed by atoms with Gasteiger partial charge in [-0.05, 0) is 30.7 Å². The first kappa shape index (κ1) is 11.8. The molecule has 0 saturated carbocycles. The maximum absolute atomic E-state index is 10.9. The topological polar surface area (TPSA) is 58.2 Å². The van der Waals surface area contributed by atoms with Crippen molar-refractivity contribution in [2.24, 2.45) is 0 Å². The van der Waals surface area contributed by atoms with E-state index in [1.165, 1.54) is 0 Å². The number of rotatable bonds is 5. The summed E-state index contributed by atoms with van der Waals surface area (Å²) in [5.41, 5.74) is 1.58. The largest absolute Gasteiger partial charge is 0.385 e. The number of sulfonamides is 1. The SMILES string of the molecule is CCCNc1ccc(NS(C)(=O)=O)cc1. The van der Waals surface area contributed by atoms with Crippen molar-refractivity contribution in [3.63, 3.8) is 0 Å². The third kappa shape index (κ3) is 4.69. The summed E-state index contributed by atoms with van der Waals surface area (Å²) < 4.78 is 24.3. The molecule has 0 fully saturated rings. The van der Waals surface area contributed by atoms with Gasteiger partial charge in [-0.15, -0.1) is 0 Å². The van der Waals surface area contributed by atoms with Crippen LogP contribution >= 0.6 is 0 Å². The average Bonchev–Trinajstić information content (AvgIpc) is 2.14. The molecule has 0 aliphatic rings. The van der Waals surface area contributed by atoms with Crippen LogP contribution in [0.3, 0.4) is 0 Å². The lowest BCUT2D eigenvalue weighted by molar-refractivity contribution is 0.607. The summed E-state index contributed by atoms with van der Waals surface area (Å²) in [5.74, 6) is 0. The monoisotopic (exact) mass is 228 g/mol. The highest BCUT2D eigenvalue weighted by molar-refractivity contribution is 7.92. The Morgan fingerprint density at radius 3 is 2.13 bits per heavy atom. The van der Waals surface area contributed by atoms with Crippen molar-refractivity contribution in [3.05, 3.63) is 24.3 Å². The van der Waals surface area contributed by atoms with Gasteiger partial charge in [0.15, 0.2) is 0 Å². The minimum atomic E-state index is -3.18. The molecule has 1 aromatic rings. The Labute approximate surface area is 90.8 Å². The molecule has 0 saturated heterocycles. The van der Waals surface area contributed by atoms with Gasteiger partial charge in [-0.3, -0.25) is 4.72 Å². The fourth-order valence-electron chi connectivity index (χ4n) is 1.14. The maximum atomic E-state index is 10.9. The molecule has 0 bridgehead atoms. The Hall–Kier alpha value is -1.23. The summed E-state index contributed by atoms with van der Waals surface area (Å²) in [6, 6.07) is 7.17. The van der Waals surface area contributed by atoms with Crippen molar-refractivity contribution in [2.45, 2.75) is 13.3 Å². The molecule has 0 atom stereocenters. The van der Waals surface area contributed by atoms with Crippen LogP contribution in [-0.2, 0) is 10.0 Å². The van der Waals surface area contributed by atoms with E-state index in [-0.39, 0.29) is 0 Å². The molecule has 0 unspecified atom stereocenters. The molecule has 0 amide bonds. The average molecular weight is 228 g/mol. The summed E-state index contributed by atoms with van der Waals surface area (Å²) in [4.78, 5) is 0. The number of benzene rings is 1. The van der Waals surface area contributed by atoms with E-state index < -0.39 is 10.0 Å². The van der Waals surface area contributed by atoms with E-state index in [1.807, 2.05) is 12.1 Å². The zero-order valence-electron chi connectivity index (χ0n) is 8.95. The predicted molar refractivity (Wildman–Crippen MR) is 63.7 cm³/mol. The van der Waals surface area contributed by atoms with E-state index in [2.05, 4.69) is 17.0 Å². The van der Waals surface area contributed by atoms with Crippen LogP contribution in [0.5, 0.6) is 0 Å².